The van der Waals surface area contributed by atoms with Crippen LogP contribution in [0.1, 0.15) is 6.42 Å². The quantitative estimate of drug-likeness (QED) is 0.601. The Kier molecular flexibility index (Phi) is 5.17. The lowest BCUT2D eigenvalue weighted by Gasteiger charge is -2.15. The molecule has 1 aliphatic rings. The Labute approximate surface area is 171 Å². The average molecular weight is 405 g/mol. The number of nitrogens with one attached hydrogen (secondary N) is 2. The summed E-state index contributed by atoms with van der Waals surface area (Å²) < 4.78 is 7.51. The number of aromatic nitrogens is 2. The van der Waals surface area contributed by atoms with E-state index in [2.05, 4.69) is 20.7 Å². The molecule has 1 aliphatic heterocycles. The van der Waals surface area contributed by atoms with Gasteiger partial charge in [-0.3, -0.25) is 9.67 Å². The highest BCUT2D eigenvalue weighted by atomic mass is 16.5. The third-order valence-corrected chi connectivity index (χ3v) is 4.50. The number of nitrogens with zero attached hydrogens (tertiary/aromatic N) is 3. The van der Waals surface area contributed by atoms with Crippen molar-refractivity contribution in [2.45, 2.75) is 12.5 Å². The Bertz CT molecular complexity index is 1180. The van der Waals surface area contributed by atoms with Gasteiger partial charge in [0.2, 0.25) is 0 Å². The topological polar surface area (TPSA) is 118 Å². The molecular formula is C21H19N5O4. The van der Waals surface area contributed by atoms with Crippen molar-refractivity contribution in [1.29, 1.82) is 0 Å². The van der Waals surface area contributed by atoms with E-state index in [0.717, 1.165) is 10.9 Å². The molecule has 0 radical (unpaired) electrons. The fraction of sp³-hybridized carbons (Fsp3) is 0.143. The molecule has 3 N–H and O–H groups in total. The van der Waals surface area contributed by atoms with Crippen LogP contribution in [0.3, 0.4) is 0 Å². The highest BCUT2D eigenvalue weighted by Gasteiger charge is 2.18. The second-order valence-electron chi connectivity index (χ2n) is 6.70. The number of hydrogen-bond acceptors (Lipinski definition) is 5. The Balaban J connectivity index is 1.41. The van der Waals surface area contributed by atoms with Gasteiger partial charge in [0.1, 0.15) is 11.5 Å². The summed E-state index contributed by atoms with van der Waals surface area (Å²) in [5, 5.41) is 19.7. The lowest BCUT2D eigenvalue weighted by molar-refractivity contribution is -0.137. The molecule has 9 nitrogen and oxygen atoms in total. The van der Waals surface area contributed by atoms with E-state index in [4.69, 9.17) is 9.84 Å². The number of aliphatic carboxylic acids is 1. The zero-order valence-electron chi connectivity index (χ0n) is 16.1. The first kappa shape index (κ1) is 19.2. The molecule has 4 rings (SSSR count). The van der Waals surface area contributed by atoms with Crippen LogP contribution in [0.5, 0.6) is 5.75 Å². The van der Waals surface area contributed by atoms with Crippen LogP contribution in [0.15, 0.2) is 65.5 Å². The van der Waals surface area contributed by atoms with E-state index in [-0.39, 0.29) is 0 Å². The molecule has 152 valence electrons. The van der Waals surface area contributed by atoms with Gasteiger partial charge in [-0.15, -0.1) is 0 Å². The number of anilines is 2. The van der Waals surface area contributed by atoms with E-state index < -0.39 is 18.0 Å². The molecule has 1 atom stereocenters. The smallest absolute Gasteiger partial charge is 0.332 e. The number of aryl methyl sites for hydroxylation is 1. The van der Waals surface area contributed by atoms with Crippen molar-refractivity contribution >= 4 is 40.5 Å². The Morgan fingerprint density at radius 1 is 1.17 bits per heavy atom. The lowest BCUT2D eigenvalue weighted by Crippen LogP contribution is -2.20. The number of amides is 2. The van der Waals surface area contributed by atoms with Crippen LogP contribution in [0, 0.1) is 0 Å². The second kappa shape index (κ2) is 8.08. The van der Waals surface area contributed by atoms with Gasteiger partial charge >= 0.3 is 12.0 Å². The zero-order valence-corrected chi connectivity index (χ0v) is 16.1. The van der Waals surface area contributed by atoms with Gasteiger partial charge in [0.05, 0.1) is 11.7 Å². The van der Waals surface area contributed by atoms with Crippen LogP contribution in [0.4, 0.5) is 16.2 Å². The lowest BCUT2D eigenvalue weighted by atomic mass is 10.2. The summed E-state index contributed by atoms with van der Waals surface area (Å²) >= 11 is 0. The number of carboxylic acids is 1. The Morgan fingerprint density at radius 2 is 1.97 bits per heavy atom. The van der Waals surface area contributed by atoms with Gasteiger partial charge in [-0.2, -0.15) is 5.10 Å². The SMILES string of the molecule is Cn1ncc2cc(NC(=O)Nc3cccc(OC4=CC(C(=O)O)N=CC4)c3)ccc21. The number of benzene rings is 2. The molecular weight excluding hydrogens is 386 g/mol. The number of carbonyl (C=O) groups is 2. The highest BCUT2D eigenvalue weighted by molar-refractivity contribution is 6.01. The van der Waals surface area contributed by atoms with Gasteiger partial charge < -0.3 is 20.5 Å². The molecule has 2 amide bonds. The molecule has 9 heteroatoms. The molecule has 0 fully saturated rings. The second-order valence-corrected chi connectivity index (χ2v) is 6.70. The predicted octanol–water partition coefficient (Wildman–Crippen LogP) is 3.41. The van der Waals surface area contributed by atoms with Crippen LogP contribution < -0.4 is 15.4 Å². The number of hydrogen-bond donors (Lipinski definition) is 3. The molecule has 0 aliphatic carbocycles. The van der Waals surface area contributed by atoms with Gasteiger partial charge in [0.25, 0.3) is 0 Å². The Morgan fingerprint density at radius 3 is 2.77 bits per heavy atom. The van der Waals surface area contributed by atoms with Gasteiger partial charge in [-0.25, -0.2) is 9.59 Å². The first-order valence-electron chi connectivity index (χ1n) is 9.21. The van der Waals surface area contributed by atoms with Crippen molar-refractivity contribution in [1.82, 2.24) is 9.78 Å². The molecule has 1 aromatic heterocycles. The van der Waals surface area contributed by atoms with Crippen LogP contribution in [-0.2, 0) is 11.8 Å². The van der Waals surface area contributed by atoms with Gasteiger partial charge in [-0.1, -0.05) is 6.07 Å². The first-order chi connectivity index (χ1) is 14.5. The van der Waals surface area contributed by atoms with E-state index in [1.807, 2.05) is 19.2 Å². The predicted molar refractivity (Wildman–Crippen MR) is 113 cm³/mol. The first-order valence-corrected chi connectivity index (χ1v) is 9.21. The van der Waals surface area contributed by atoms with E-state index in [1.165, 1.54) is 12.3 Å². The third-order valence-electron chi connectivity index (χ3n) is 4.50. The average Bonchev–Trinajstić information content (AvgIpc) is 3.08. The van der Waals surface area contributed by atoms with Crippen molar-refractivity contribution in [2.75, 3.05) is 10.6 Å². The molecule has 2 heterocycles. The summed E-state index contributed by atoms with van der Waals surface area (Å²) in [5.74, 6) is -0.0670. The largest absolute Gasteiger partial charge is 0.479 e. The highest BCUT2D eigenvalue weighted by Crippen LogP contribution is 2.23. The number of dihydropyridines is 1. The number of urea groups is 1. The van der Waals surface area contributed by atoms with Gasteiger partial charge in [0.15, 0.2) is 6.04 Å². The van der Waals surface area contributed by atoms with Crippen molar-refractivity contribution < 1.29 is 19.4 Å². The molecule has 2 aromatic carbocycles. The molecule has 0 bridgehead atoms. The van der Waals surface area contributed by atoms with Crippen LogP contribution in [0.2, 0.25) is 0 Å². The van der Waals surface area contributed by atoms with E-state index in [9.17, 15) is 9.59 Å². The van der Waals surface area contributed by atoms with Crippen molar-refractivity contribution in [3.8, 4) is 5.75 Å². The summed E-state index contributed by atoms with van der Waals surface area (Å²) in [6.07, 6.45) is 5.12. The minimum Gasteiger partial charge on any atom is -0.479 e. The molecule has 0 saturated heterocycles. The fourth-order valence-corrected chi connectivity index (χ4v) is 3.08. The number of rotatable bonds is 5. The summed E-state index contributed by atoms with van der Waals surface area (Å²) in [5.41, 5.74) is 2.15. The van der Waals surface area contributed by atoms with Crippen LogP contribution in [0.25, 0.3) is 10.9 Å². The zero-order chi connectivity index (χ0) is 21.1. The molecule has 0 spiro atoms. The number of aliphatic imine (C=N–C) groups is 1. The van der Waals surface area contributed by atoms with Gasteiger partial charge in [0, 0.05) is 42.5 Å². The van der Waals surface area contributed by atoms with Crippen LogP contribution >= 0.6 is 0 Å². The monoisotopic (exact) mass is 405 g/mol. The number of carbonyl (C=O) groups excluding carboxylic acids is 1. The number of fused-ring (bicyclic) bond motifs is 1. The van der Waals surface area contributed by atoms with Crippen molar-refractivity contribution in [3.05, 3.63) is 60.5 Å². The summed E-state index contributed by atoms with van der Waals surface area (Å²) in [6, 6.07) is 11.0. The number of carboxylic acid groups (broad SMARTS) is 1. The van der Waals surface area contributed by atoms with Crippen LogP contribution in [-0.4, -0.2) is 39.1 Å². The minimum absolute atomic E-state index is 0.398. The Hall–Kier alpha value is -4.14. The van der Waals surface area contributed by atoms with Gasteiger partial charge in [-0.05, 0) is 36.4 Å². The van der Waals surface area contributed by atoms with E-state index in [0.29, 0.717) is 29.3 Å². The maximum absolute atomic E-state index is 12.4. The van der Waals surface area contributed by atoms with Crippen molar-refractivity contribution in [2.24, 2.45) is 12.0 Å². The maximum atomic E-state index is 12.4. The van der Waals surface area contributed by atoms with Crippen molar-refractivity contribution in [3.63, 3.8) is 0 Å². The fourth-order valence-electron chi connectivity index (χ4n) is 3.08. The normalized spacial score (nSPS) is 15.5. The summed E-state index contributed by atoms with van der Waals surface area (Å²) in [4.78, 5) is 27.3. The minimum atomic E-state index is -1.04. The van der Waals surface area contributed by atoms with E-state index >= 15 is 0 Å². The third kappa shape index (κ3) is 4.30. The molecule has 3 aromatic rings. The standard InChI is InChI=1S/C21H19N5O4/c1-26-19-6-5-15(9-13(19)12-23-26)25-21(29)24-14-3-2-4-16(10-14)30-17-7-8-22-18(11-17)20(27)28/h2-6,8-12,18H,7H2,1H3,(H,27,28)(H2,24,25,29). The maximum Gasteiger partial charge on any atom is 0.332 e. The number of ether oxygens (including phenoxy) is 1. The molecule has 30 heavy (non-hydrogen) atoms. The molecule has 1 unspecified atom stereocenters. The molecule has 0 saturated carbocycles. The summed E-state index contributed by atoms with van der Waals surface area (Å²) in [6.45, 7) is 0. The summed E-state index contributed by atoms with van der Waals surface area (Å²) in [7, 11) is 1.86. The number of allylic oxidation sites excluding steroid dienone is 1. The van der Waals surface area contributed by atoms with E-state index in [1.54, 1.807) is 41.2 Å².